The minimum absolute atomic E-state index is 0.0510. The monoisotopic (exact) mass is 346 g/mol. The van der Waals surface area contributed by atoms with E-state index in [-0.39, 0.29) is 24.2 Å². The molecule has 4 rings (SSSR count). The number of likely N-dealkylation sites (tertiary alicyclic amines) is 1. The summed E-state index contributed by atoms with van der Waals surface area (Å²) in [7, 11) is 0. The van der Waals surface area contributed by atoms with Crippen molar-refractivity contribution in [3.8, 4) is 0 Å². The van der Waals surface area contributed by atoms with Crippen LogP contribution < -0.4 is 0 Å². The standard InChI is InChI=1S/C22H22N2O2/c25-21-11-10-18(16-6-2-1-3-7-16)19(21)14-22(26)24-13-5-9-20(24)17-8-4-12-23-15-17/h1-4,6-8,12,15,20H,5,9-11,13-14H2. The molecule has 2 aromatic rings. The van der Waals surface area contributed by atoms with Gasteiger partial charge in [0.25, 0.3) is 0 Å². The molecule has 1 unspecified atom stereocenters. The Hall–Kier alpha value is -2.75. The first-order valence-electron chi connectivity index (χ1n) is 9.24. The van der Waals surface area contributed by atoms with Gasteiger partial charge in [0.2, 0.25) is 5.91 Å². The second-order valence-electron chi connectivity index (χ2n) is 6.95. The van der Waals surface area contributed by atoms with Crippen molar-refractivity contribution in [2.75, 3.05) is 6.54 Å². The van der Waals surface area contributed by atoms with Crippen LogP contribution in [0.1, 0.15) is 49.3 Å². The molecule has 1 aromatic carbocycles. The molecule has 1 atom stereocenters. The zero-order valence-corrected chi connectivity index (χ0v) is 14.7. The fourth-order valence-electron chi connectivity index (χ4n) is 4.11. The molecule has 1 fully saturated rings. The number of pyridine rings is 1. The minimum Gasteiger partial charge on any atom is -0.335 e. The van der Waals surface area contributed by atoms with Crippen molar-refractivity contribution in [2.45, 2.75) is 38.1 Å². The van der Waals surface area contributed by atoms with Gasteiger partial charge >= 0.3 is 0 Å². The average Bonchev–Trinajstić information content (AvgIpc) is 3.31. The highest BCUT2D eigenvalue weighted by molar-refractivity contribution is 6.10. The lowest BCUT2D eigenvalue weighted by atomic mass is 9.99. The Morgan fingerprint density at radius 1 is 1.12 bits per heavy atom. The second-order valence-corrected chi connectivity index (χ2v) is 6.95. The van der Waals surface area contributed by atoms with Crippen LogP contribution in [0.25, 0.3) is 5.57 Å². The van der Waals surface area contributed by atoms with Crippen LogP contribution in [-0.4, -0.2) is 28.1 Å². The van der Waals surface area contributed by atoms with E-state index in [0.29, 0.717) is 12.0 Å². The maximum atomic E-state index is 13.0. The molecule has 0 radical (unpaired) electrons. The molecule has 132 valence electrons. The van der Waals surface area contributed by atoms with Crippen LogP contribution in [0, 0.1) is 0 Å². The number of amides is 1. The maximum Gasteiger partial charge on any atom is 0.227 e. The molecule has 0 bridgehead atoms. The van der Waals surface area contributed by atoms with E-state index in [9.17, 15) is 9.59 Å². The number of rotatable bonds is 4. The summed E-state index contributed by atoms with van der Waals surface area (Å²) in [4.78, 5) is 31.6. The van der Waals surface area contributed by atoms with Gasteiger partial charge in [0.05, 0.1) is 12.5 Å². The number of Topliss-reactive ketones (excluding diaryl/α,β-unsaturated/α-hetero) is 1. The summed E-state index contributed by atoms with van der Waals surface area (Å²) >= 11 is 0. The number of benzene rings is 1. The highest BCUT2D eigenvalue weighted by atomic mass is 16.2. The molecule has 0 spiro atoms. The van der Waals surface area contributed by atoms with Gasteiger partial charge in [-0.2, -0.15) is 0 Å². The number of allylic oxidation sites excluding steroid dienone is 1. The van der Waals surface area contributed by atoms with Crippen LogP contribution in [0.4, 0.5) is 0 Å². The third-order valence-electron chi connectivity index (χ3n) is 5.40. The lowest BCUT2D eigenvalue weighted by Crippen LogP contribution is -2.31. The van der Waals surface area contributed by atoms with Crippen LogP contribution >= 0.6 is 0 Å². The smallest absolute Gasteiger partial charge is 0.227 e. The number of hydrogen-bond acceptors (Lipinski definition) is 3. The fraction of sp³-hybridized carbons (Fsp3) is 0.318. The molecule has 1 aliphatic carbocycles. The average molecular weight is 346 g/mol. The normalized spacial score (nSPS) is 20.1. The molecule has 0 saturated carbocycles. The molecule has 1 saturated heterocycles. The van der Waals surface area contributed by atoms with Crippen LogP contribution in [0.2, 0.25) is 0 Å². The number of aromatic nitrogens is 1. The molecular weight excluding hydrogens is 324 g/mol. The largest absolute Gasteiger partial charge is 0.335 e. The topological polar surface area (TPSA) is 50.3 Å². The van der Waals surface area contributed by atoms with Gasteiger partial charge in [0.1, 0.15) is 0 Å². The van der Waals surface area contributed by atoms with Crippen LogP contribution in [-0.2, 0) is 9.59 Å². The summed E-state index contributed by atoms with van der Waals surface area (Å²) in [6, 6.07) is 14.0. The van der Waals surface area contributed by atoms with E-state index in [0.717, 1.165) is 42.5 Å². The second kappa shape index (κ2) is 7.24. The number of nitrogens with zero attached hydrogens (tertiary/aromatic N) is 2. The molecule has 4 nitrogen and oxygen atoms in total. The first-order valence-corrected chi connectivity index (χ1v) is 9.24. The predicted octanol–water partition coefficient (Wildman–Crippen LogP) is 3.95. The number of carbonyl (C=O) groups excluding carboxylic acids is 2. The highest BCUT2D eigenvalue weighted by Gasteiger charge is 2.33. The van der Waals surface area contributed by atoms with Gasteiger partial charge in [-0.1, -0.05) is 36.4 Å². The molecule has 2 aliphatic rings. The van der Waals surface area contributed by atoms with Crippen molar-refractivity contribution in [2.24, 2.45) is 0 Å². The Labute approximate surface area is 153 Å². The summed E-state index contributed by atoms with van der Waals surface area (Å²) < 4.78 is 0. The van der Waals surface area contributed by atoms with Crippen molar-refractivity contribution >= 4 is 17.3 Å². The van der Waals surface area contributed by atoms with E-state index >= 15 is 0 Å². The van der Waals surface area contributed by atoms with E-state index < -0.39 is 0 Å². The minimum atomic E-state index is 0.0510. The molecule has 2 heterocycles. The zero-order chi connectivity index (χ0) is 17.9. The predicted molar refractivity (Wildman–Crippen MR) is 100 cm³/mol. The van der Waals surface area contributed by atoms with E-state index in [4.69, 9.17) is 0 Å². The molecule has 0 N–H and O–H groups in total. The fourth-order valence-corrected chi connectivity index (χ4v) is 4.11. The zero-order valence-electron chi connectivity index (χ0n) is 14.7. The summed E-state index contributed by atoms with van der Waals surface area (Å²) in [5.74, 6) is 0.171. The molecule has 1 amide bonds. The Morgan fingerprint density at radius 2 is 1.96 bits per heavy atom. The third-order valence-corrected chi connectivity index (χ3v) is 5.40. The Balaban J connectivity index is 1.58. The molecule has 1 aromatic heterocycles. The third kappa shape index (κ3) is 3.19. The number of carbonyl (C=O) groups is 2. The van der Waals surface area contributed by atoms with E-state index in [2.05, 4.69) is 4.98 Å². The number of ketones is 1. The van der Waals surface area contributed by atoms with E-state index in [1.165, 1.54) is 0 Å². The quantitative estimate of drug-likeness (QED) is 0.842. The van der Waals surface area contributed by atoms with Gasteiger partial charge in [0, 0.05) is 30.9 Å². The highest BCUT2D eigenvalue weighted by Crippen LogP contribution is 2.36. The first kappa shape index (κ1) is 16.7. The van der Waals surface area contributed by atoms with Crippen molar-refractivity contribution in [1.29, 1.82) is 0 Å². The SMILES string of the molecule is O=C1CCC(c2ccccc2)=C1CC(=O)N1CCCC1c1cccnc1. The van der Waals surface area contributed by atoms with E-state index in [1.807, 2.05) is 53.6 Å². The Bertz CT molecular complexity index is 843. The van der Waals surface area contributed by atoms with Gasteiger partial charge < -0.3 is 4.90 Å². The summed E-state index contributed by atoms with van der Waals surface area (Å²) in [6.45, 7) is 0.751. The maximum absolute atomic E-state index is 13.0. The van der Waals surface area contributed by atoms with Crippen molar-refractivity contribution in [1.82, 2.24) is 9.88 Å². The van der Waals surface area contributed by atoms with Crippen molar-refractivity contribution in [3.63, 3.8) is 0 Å². The Morgan fingerprint density at radius 3 is 2.73 bits per heavy atom. The van der Waals surface area contributed by atoms with Gasteiger partial charge in [-0.15, -0.1) is 0 Å². The van der Waals surface area contributed by atoms with Gasteiger partial charge in [-0.05, 0) is 42.0 Å². The Kier molecular flexibility index (Phi) is 4.65. The van der Waals surface area contributed by atoms with Crippen LogP contribution in [0.15, 0.2) is 60.4 Å². The van der Waals surface area contributed by atoms with Crippen LogP contribution in [0.5, 0.6) is 0 Å². The molecule has 26 heavy (non-hydrogen) atoms. The van der Waals surface area contributed by atoms with Crippen LogP contribution in [0.3, 0.4) is 0 Å². The van der Waals surface area contributed by atoms with Crippen molar-refractivity contribution in [3.05, 3.63) is 71.6 Å². The van der Waals surface area contributed by atoms with Gasteiger partial charge in [-0.3, -0.25) is 14.6 Å². The first-order chi connectivity index (χ1) is 12.7. The summed E-state index contributed by atoms with van der Waals surface area (Å²) in [5, 5.41) is 0. The lowest BCUT2D eigenvalue weighted by Gasteiger charge is -2.25. The van der Waals surface area contributed by atoms with Crippen molar-refractivity contribution < 1.29 is 9.59 Å². The van der Waals surface area contributed by atoms with Gasteiger partial charge in [0.15, 0.2) is 5.78 Å². The van der Waals surface area contributed by atoms with Gasteiger partial charge in [-0.25, -0.2) is 0 Å². The summed E-state index contributed by atoms with van der Waals surface area (Å²) in [6.07, 6.45) is 6.99. The molecular formula is C22H22N2O2. The summed E-state index contributed by atoms with van der Waals surface area (Å²) in [5.41, 5.74) is 3.89. The molecule has 1 aliphatic heterocycles. The lowest BCUT2D eigenvalue weighted by molar-refractivity contribution is -0.132. The number of hydrogen-bond donors (Lipinski definition) is 0. The molecule has 4 heteroatoms. The van der Waals surface area contributed by atoms with E-state index in [1.54, 1.807) is 6.20 Å².